The number of nitrogens with zero attached hydrogens (tertiary/aromatic N) is 1. The molecule has 0 heterocycles. The van der Waals surface area contributed by atoms with Crippen LogP contribution in [0.2, 0.25) is 0 Å². The molecule has 0 spiro atoms. The Balaban J connectivity index is -0.000000180. The molecule has 0 aliphatic carbocycles. The molecule has 33 heavy (non-hydrogen) atoms. The third-order valence-corrected chi connectivity index (χ3v) is 1.97. The first-order chi connectivity index (χ1) is 15.5. The number of carbonyl (C=O) groups is 3. The molecule has 0 unspecified atom stereocenters. The molecule has 15 heteroatoms. The molecule has 15 nitrogen and oxygen atoms in total. The summed E-state index contributed by atoms with van der Waals surface area (Å²) in [7, 11) is 0. The van der Waals surface area contributed by atoms with Crippen molar-refractivity contribution in [3.63, 3.8) is 0 Å². The topological polar surface area (TPSA) is 217 Å². The summed E-state index contributed by atoms with van der Waals surface area (Å²) in [6.45, 7) is 13.9. The lowest BCUT2D eigenvalue weighted by atomic mass is 10.4. The summed E-state index contributed by atoms with van der Waals surface area (Å²) in [5.41, 5.74) is 0.786. The highest BCUT2D eigenvalue weighted by Crippen LogP contribution is 1.93. The second kappa shape index (κ2) is 28.8. The lowest BCUT2D eigenvalue weighted by Gasteiger charge is -1.99. The van der Waals surface area contributed by atoms with Gasteiger partial charge in [-0.1, -0.05) is 19.7 Å². The third-order valence-electron chi connectivity index (χ3n) is 1.97. The summed E-state index contributed by atoms with van der Waals surface area (Å²) >= 11 is 0. The first-order valence-corrected chi connectivity index (χ1v) is 8.73. The maximum atomic E-state index is 10.5. The Hall–Kier alpha value is -3.21. The van der Waals surface area contributed by atoms with E-state index in [0.29, 0.717) is 0 Å². The Morgan fingerprint density at radius 2 is 0.818 bits per heavy atom. The molecular formula is C18H31NO14. The summed E-state index contributed by atoms with van der Waals surface area (Å²) in [5.74, 6) is -1.85. The molecule has 0 aliphatic rings. The molecule has 192 valence electrons. The lowest BCUT2D eigenvalue weighted by molar-refractivity contribution is -0.271. The molecule has 0 atom stereocenters. The van der Waals surface area contributed by atoms with Crippen molar-refractivity contribution in [1.82, 2.24) is 0 Å². The van der Waals surface area contributed by atoms with Crippen LogP contribution in [0.3, 0.4) is 0 Å². The zero-order valence-electron chi connectivity index (χ0n) is 18.7. The van der Waals surface area contributed by atoms with Crippen molar-refractivity contribution in [2.75, 3.05) is 39.6 Å². The molecule has 0 fully saturated rings. The van der Waals surface area contributed by atoms with Gasteiger partial charge in [-0.25, -0.2) is 14.4 Å². The smallest absolute Gasteiger partial charge is 0.368 e. The number of rotatable bonds is 12. The van der Waals surface area contributed by atoms with Crippen molar-refractivity contribution in [2.24, 2.45) is 5.34 Å². The van der Waals surface area contributed by atoms with E-state index >= 15 is 0 Å². The maximum absolute atomic E-state index is 10.5. The van der Waals surface area contributed by atoms with Crippen molar-refractivity contribution in [2.45, 2.75) is 20.8 Å². The van der Waals surface area contributed by atoms with Gasteiger partial charge in [0.15, 0.2) is 5.34 Å². The zero-order chi connectivity index (χ0) is 26.7. The Morgan fingerprint density at radius 3 is 0.939 bits per heavy atom. The normalized spacial score (nSPS) is 8.55. The quantitative estimate of drug-likeness (QED) is 0.0956. The molecular weight excluding hydrogens is 454 g/mol. The fourth-order valence-electron chi connectivity index (χ4n) is 0.611. The predicted molar refractivity (Wildman–Crippen MR) is 109 cm³/mol. The molecule has 0 saturated heterocycles. The predicted octanol–water partition coefficient (Wildman–Crippen LogP) is 0.231. The van der Waals surface area contributed by atoms with Crippen molar-refractivity contribution >= 4 is 17.9 Å². The minimum absolute atomic E-state index is 0.0149. The Bertz CT molecular complexity index is 515. The fourth-order valence-corrected chi connectivity index (χ4v) is 0.611. The van der Waals surface area contributed by atoms with Crippen LogP contribution in [-0.4, -0.2) is 78.1 Å². The average molecular weight is 485 g/mol. The van der Waals surface area contributed by atoms with Crippen LogP contribution in [0.15, 0.2) is 41.8 Å². The largest absolute Gasteiger partial charge is 0.394 e. The molecule has 0 saturated carbocycles. The lowest BCUT2D eigenvalue weighted by Crippen LogP contribution is -2.08. The molecule has 0 aromatic heterocycles. The van der Waals surface area contributed by atoms with E-state index in [1.54, 1.807) is 0 Å². The van der Waals surface area contributed by atoms with Crippen LogP contribution < -0.4 is 0 Å². The van der Waals surface area contributed by atoms with Gasteiger partial charge in [-0.05, 0) is 20.8 Å². The van der Waals surface area contributed by atoms with Crippen LogP contribution in [0, 0.1) is 4.91 Å². The van der Waals surface area contributed by atoms with Crippen LogP contribution in [0.1, 0.15) is 20.8 Å². The van der Waals surface area contributed by atoms with Crippen molar-refractivity contribution in [3.8, 4) is 0 Å². The summed E-state index contributed by atoms with van der Waals surface area (Å²) in [6.07, 6.45) is 0. The highest BCUT2D eigenvalue weighted by molar-refractivity contribution is 5.87. The maximum Gasteiger partial charge on any atom is 0.368 e. The second-order valence-electron chi connectivity index (χ2n) is 5.17. The van der Waals surface area contributed by atoms with Gasteiger partial charge < -0.3 is 20.5 Å². The van der Waals surface area contributed by atoms with Crippen LogP contribution in [0.5, 0.6) is 0 Å². The van der Waals surface area contributed by atoms with E-state index in [9.17, 15) is 14.4 Å². The number of aliphatic hydroxyl groups is 3. The fraction of sp³-hybridized carbons (Fsp3) is 0.500. The van der Waals surface area contributed by atoms with Crippen LogP contribution in [0.4, 0.5) is 0 Å². The molecule has 0 rings (SSSR count). The van der Waals surface area contributed by atoms with E-state index in [1.807, 2.05) is 0 Å². The van der Waals surface area contributed by atoms with E-state index in [2.05, 4.69) is 49.1 Å². The molecule has 0 aromatic rings. The van der Waals surface area contributed by atoms with E-state index in [-0.39, 0.29) is 56.4 Å². The number of hydrogen-bond acceptors (Lipinski definition) is 14. The van der Waals surface area contributed by atoms with Gasteiger partial charge in [0.2, 0.25) is 0 Å². The molecule has 0 aromatic carbocycles. The van der Waals surface area contributed by atoms with Crippen LogP contribution in [-0.2, 0) is 43.7 Å². The van der Waals surface area contributed by atoms with E-state index in [0.717, 1.165) is 0 Å². The highest BCUT2D eigenvalue weighted by Gasteiger charge is 2.03. The van der Waals surface area contributed by atoms with Crippen molar-refractivity contribution < 1.29 is 64.2 Å². The first-order valence-electron chi connectivity index (χ1n) is 8.73. The van der Waals surface area contributed by atoms with Gasteiger partial charge in [0.1, 0.15) is 19.8 Å². The number of hydrogen-bond donors (Lipinski definition) is 4. The van der Waals surface area contributed by atoms with Crippen molar-refractivity contribution in [3.05, 3.63) is 41.4 Å². The van der Waals surface area contributed by atoms with Gasteiger partial charge in [-0.3, -0.25) is 14.7 Å². The van der Waals surface area contributed by atoms with E-state index in [4.69, 9.17) is 25.4 Å². The van der Waals surface area contributed by atoms with Crippen LogP contribution >= 0.6 is 0 Å². The average Bonchev–Trinajstić information content (AvgIpc) is 2.75. The summed E-state index contributed by atoms with van der Waals surface area (Å²) < 4.78 is 0. The van der Waals surface area contributed by atoms with Gasteiger partial charge in [0.05, 0.1) is 19.8 Å². The molecule has 0 aliphatic heterocycles. The molecule has 0 amide bonds. The van der Waals surface area contributed by atoms with Crippen LogP contribution in [0.25, 0.3) is 0 Å². The SMILES string of the molecule is C=C(C)C(=O)OOCCO.C=C(C)C(=O)OOCCO.C=C(C)C(=O)OOCCO.O=NO. The number of aliphatic hydroxyl groups excluding tert-OH is 3. The Kier molecular flexibility index (Phi) is 32.4. The Labute approximate surface area is 190 Å². The Morgan fingerprint density at radius 1 is 0.636 bits per heavy atom. The van der Waals surface area contributed by atoms with Gasteiger partial charge in [-0.2, -0.15) is 14.7 Å². The zero-order valence-corrected chi connectivity index (χ0v) is 18.7. The first kappa shape index (κ1) is 37.1. The second-order valence-corrected chi connectivity index (χ2v) is 5.17. The van der Waals surface area contributed by atoms with Gasteiger partial charge in [0, 0.05) is 16.7 Å². The minimum atomic E-state index is -0.617. The van der Waals surface area contributed by atoms with Gasteiger partial charge in [0.25, 0.3) is 0 Å². The monoisotopic (exact) mass is 485 g/mol. The molecule has 0 radical (unpaired) electrons. The summed E-state index contributed by atoms with van der Waals surface area (Å²) in [5, 5.41) is 32.4. The van der Waals surface area contributed by atoms with Crippen molar-refractivity contribution in [1.29, 1.82) is 0 Å². The highest BCUT2D eigenvalue weighted by atomic mass is 17.2. The standard InChI is InChI=1S/3C6H10O4.HNO2/c3*1-5(2)6(8)10-9-4-3-7;2-1-3/h3*7H,1,3-4H2,2H3;(H,2,3). The number of carbonyl (C=O) groups excluding carboxylic acids is 3. The molecule has 0 bridgehead atoms. The van der Waals surface area contributed by atoms with E-state index < -0.39 is 17.9 Å². The summed E-state index contributed by atoms with van der Waals surface area (Å²) in [4.78, 5) is 64.8. The minimum Gasteiger partial charge on any atom is -0.394 e. The van der Waals surface area contributed by atoms with E-state index in [1.165, 1.54) is 26.1 Å². The summed E-state index contributed by atoms with van der Waals surface area (Å²) in [6, 6.07) is 0. The molecule has 4 N–H and O–H groups in total. The third kappa shape index (κ3) is 36.5. The van der Waals surface area contributed by atoms with Gasteiger partial charge >= 0.3 is 17.9 Å². The van der Waals surface area contributed by atoms with Gasteiger partial charge in [-0.15, -0.1) is 4.91 Å².